The number of hydrogen-bond donors (Lipinski definition) is 2. The van der Waals surface area contributed by atoms with Gasteiger partial charge in [-0.25, -0.2) is 8.42 Å². The zero-order valence-corrected chi connectivity index (χ0v) is 11.6. The minimum atomic E-state index is -3.32. The van der Waals surface area contributed by atoms with Crippen LogP contribution in [-0.2, 0) is 19.3 Å². The summed E-state index contributed by atoms with van der Waals surface area (Å²) in [7, 11) is -3.32. The summed E-state index contributed by atoms with van der Waals surface area (Å²) >= 11 is 0. The monoisotopic (exact) mass is 286 g/mol. The molecule has 2 rings (SSSR count). The number of rotatable bonds is 4. The molecule has 0 spiro atoms. The minimum absolute atomic E-state index is 0.0463. The lowest BCUT2D eigenvalue weighted by atomic mass is 10.2. The highest BCUT2D eigenvalue weighted by Crippen LogP contribution is 2.26. The van der Waals surface area contributed by atoms with Gasteiger partial charge in [-0.15, -0.1) is 0 Å². The van der Waals surface area contributed by atoms with Gasteiger partial charge in [0.05, 0.1) is 42.2 Å². The van der Waals surface area contributed by atoms with Gasteiger partial charge in [-0.2, -0.15) is 0 Å². The quantitative estimate of drug-likeness (QED) is 0.783. The SMILES string of the molecule is CS(=O)(=O)c1cccc(NCC2COCCO2)c1N. The van der Waals surface area contributed by atoms with E-state index in [4.69, 9.17) is 15.2 Å². The first-order chi connectivity index (χ1) is 8.98. The Labute approximate surface area is 112 Å². The summed E-state index contributed by atoms with van der Waals surface area (Å²) < 4.78 is 33.9. The van der Waals surface area contributed by atoms with Gasteiger partial charge in [-0.05, 0) is 12.1 Å². The van der Waals surface area contributed by atoms with E-state index in [0.29, 0.717) is 32.1 Å². The highest BCUT2D eigenvalue weighted by Gasteiger charge is 2.17. The maximum Gasteiger partial charge on any atom is 0.177 e. The summed E-state index contributed by atoms with van der Waals surface area (Å²) in [5.41, 5.74) is 6.70. The van der Waals surface area contributed by atoms with Crippen LogP contribution in [0.3, 0.4) is 0 Å². The lowest BCUT2D eigenvalue weighted by Crippen LogP contribution is -2.34. The Kier molecular flexibility index (Phi) is 4.28. The van der Waals surface area contributed by atoms with Gasteiger partial charge in [-0.3, -0.25) is 0 Å². The molecule has 3 N–H and O–H groups in total. The average Bonchev–Trinajstić information content (AvgIpc) is 2.37. The fraction of sp³-hybridized carbons (Fsp3) is 0.500. The fourth-order valence-corrected chi connectivity index (χ4v) is 2.73. The molecular weight excluding hydrogens is 268 g/mol. The summed E-state index contributed by atoms with van der Waals surface area (Å²) in [5, 5.41) is 3.10. The van der Waals surface area contributed by atoms with Crippen LogP contribution < -0.4 is 11.1 Å². The van der Waals surface area contributed by atoms with Crippen LogP contribution in [0, 0.1) is 0 Å². The molecule has 0 bridgehead atoms. The van der Waals surface area contributed by atoms with E-state index in [1.54, 1.807) is 12.1 Å². The molecule has 106 valence electrons. The van der Waals surface area contributed by atoms with Crippen molar-refractivity contribution in [3.8, 4) is 0 Å². The summed E-state index contributed by atoms with van der Waals surface area (Å²) in [6.45, 7) is 2.24. The molecule has 1 unspecified atom stereocenters. The van der Waals surface area contributed by atoms with Crippen molar-refractivity contribution < 1.29 is 17.9 Å². The predicted octanol–water partition coefficient (Wildman–Crippen LogP) is 0.500. The molecule has 19 heavy (non-hydrogen) atoms. The normalized spacial score (nSPS) is 20.2. The average molecular weight is 286 g/mol. The molecule has 6 nitrogen and oxygen atoms in total. The van der Waals surface area contributed by atoms with E-state index in [9.17, 15) is 8.42 Å². The third-order valence-electron chi connectivity index (χ3n) is 2.87. The summed E-state index contributed by atoms with van der Waals surface area (Å²) in [4.78, 5) is 0.137. The Morgan fingerprint density at radius 3 is 2.84 bits per heavy atom. The molecule has 0 radical (unpaired) electrons. The van der Waals surface area contributed by atoms with Gasteiger partial charge in [0.15, 0.2) is 9.84 Å². The van der Waals surface area contributed by atoms with Crippen LogP contribution in [0.4, 0.5) is 11.4 Å². The molecule has 0 saturated carbocycles. The third kappa shape index (κ3) is 3.59. The molecule has 1 aromatic carbocycles. The van der Waals surface area contributed by atoms with Crippen LogP contribution in [0.25, 0.3) is 0 Å². The van der Waals surface area contributed by atoms with Gasteiger partial charge in [0.25, 0.3) is 0 Å². The second kappa shape index (κ2) is 5.77. The summed E-state index contributed by atoms with van der Waals surface area (Å²) in [6, 6.07) is 4.90. The zero-order valence-electron chi connectivity index (χ0n) is 10.8. The molecule has 1 fully saturated rings. The van der Waals surface area contributed by atoms with Gasteiger partial charge >= 0.3 is 0 Å². The van der Waals surface area contributed by atoms with E-state index >= 15 is 0 Å². The molecule has 1 heterocycles. The van der Waals surface area contributed by atoms with E-state index in [2.05, 4.69) is 5.32 Å². The second-order valence-electron chi connectivity index (χ2n) is 4.44. The van der Waals surface area contributed by atoms with Gasteiger partial charge in [-0.1, -0.05) is 6.07 Å². The number of benzene rings is 1. The molecule has 7 heteroatoms. The number of nitrogen functional groups attached to an aromatic ring is 1. The van der Waals surface area contributed by atoms with Crippen molar-refractivity contribution in [3.05, 3.63) is 18.2 Å². The number of nitrogens with one attached hydrogen (secondary N) is 1. The highest BCUT2D eigenvalue weighted by molar-refractivity contribution is 7.90. The van der Waals surface area contributed by atoms with Gasteiger partial charge in [0, 0.05) is 12.8 Å². The van der Waals surface area contributed by atoms with Crippen LogP contribution in [0.5, 0.6) is 0 Å². The molecule has 1 aliphatic rings. The predicted molar refractivity (Wildman–Crippen MR) is 73.0 cm³/mol. The number of nitrogens with two attached hydrogens (primary N) is 1. The zero-order chi connectivity index (χ0) is 13.9. The Morgan fingerprint density at radius 1 is 1.42 bits per heavy atom. The fourth-order valence-electron chi connectivity index (χ4n) is 1.90. The maximum atomic E-state index is 11.6. The van der Waals surface area contributed by atoms with Crippen molar-refractivity contribution in [1.82, 2.24) is 0 Å². The Bertz CT molecular complexity index is 539. The van der Waals surface area contributed by atoms with E-state index in [1.807, 2.05) is 0 Å². The van der Waals surface area contributed by atoms with Crippen LogP contribution in [0.15, 0.2) is 23.1 Å². The molecule has 1 aromatic rings. The molecule has 1 atom stereocenters. The Balaban J connectivity index is 2.08. The van der Waals surface area contributed by atoms with Crippen molar-refractivity contribution in [3.63, 3.8) is 0 Å². The maximum absolute atomic E-state index is 11.6. The summed E-state index contributed by atoms with van der Waals surface area (Å²) in [5.74, 6) is 0. The van der Waals surface area contributed by atoms with E-state index in [0.717, 1.165) is 6.26 Å². The molecule has 0 aliphatic carbocycles. The van der Waals surface area contributed by atoms with Crippen LogP contribution in [0.1, 0.15) is 0 Å². The van der Waals surface area contributed by atoms with Crippen molar-refractivity contribution in [2.45, 2.75) is 11.0 Å². The van der Waals surface area contributed by atoms with Crippen molar-refractivity contribution in [1.29, 1.82) is 0 Å². The number of sulfone groups is 1. The topological polar surface area (TPSA) is 90.7 Å². The molecular formula is C12H18N2O4S. The first-order valence-corrected chi connectivity index (χ1v) is 7.89. The lowest BCUT2D eigenvalue weighted by molar-refractivity contribution is -0.0818. The van der Waals surface area contributed by atoms with E-state index < -0.39 is 9.84 Å². The van der Waals surface area contributed by atoms with Gasteiger partial charge < -0.3 is 20.5 Å². The summed E-state index contributed by atoms with van der Waals surface area (Å²) in [6.07, 6.45) is 1.09. The largest absolute Gasteiger partial charge is 0.396 e. The third-order valence-corrected chi connectivity index (χ3v) is 4.03. The smallest absolute Gasteiger partial charge is 0.177 e. The molecule has 1 saturated heterocycles. The molecule has 1 aliphatic heterocycles. The van der Waals surface area contributed by atoms with Crippen LogP contribution in [0.2, 0.25) is 0 Å². The van der Waals surface area contributed by atoms with E-state index in [1.165, 1.54) is 6.07 Å². The van der Waals surface area contributed by atoms with Crippen molar-refractivity contribution >= 4 is 21.2 Å². The Morgan fingerprint density at radius 2 is 2.21 bits per heavy atom. The minimum Gasteiger partial charge on any atom is -0.396 e. The number of para-hydroxylation sites is 1. The number of hydrogen-bond acceptors (Lipinski definition) is 6. The van der Waals surface area contributed by atoms with Crippen LogP contribution in [-0.4, -0.2) is 47.1 Å². The molecule has 0 aromatic heterocycles. The lowest BCUT2D eigenvalue weighted by Gasteiger charge is -2.24. The Hall–Kier alpha value is -1.31. The first kappa shape index (κ1) is 14.1. The highest BCUT2D eigenvalue weighted by atomic mass is 32.2. The second-order valence-corrected chi connectivity index (χ2v) is 6.42. The van der Waals surface area contributed by atoms with E-state index in [-0.39, 0.29) is 16.7 Å². The molecule has 0 amide bonds. The van der Waals surface area contributed by atoms with Crippen LogP contribution >= 0.6 is 0 Å². The standard InChI is InChI=1S/C12H18N2O4S/c1-19(15,16)11-4-2-3-10(12(11)13)14-7-9-8-17-5-6-18-9/h2-4,9,14H,5-8,13H2,1H3. The van der Waals surface area contributed by atoms with Crippen molar-refractivity contribution in [2.24, 2.45) is 0 Å². The van der Waals surface area contributed by atoms with Gasteiger partial charge in [0.1, 0.15) is 0 Å². The first-order valence-electron chi connectivity index (χ1n) is 6.00. The van der Waals surface area contributed by atoms with Crippen molar-refractivity contribution in [2.75, 3.05) is 43.7 Å². The van der Waals surface area contributed by atoms with Gasteiger partial charge in [0.2, 0.25) is 0 Å². The number of anilines is 2. The number of ether oxygens (including phenoxy) is 2.